The van der Waals surface area contributed by atoms with Gasteiger partial charge in [-0.2, -0.15) is 0 Å². The van der Waals surface area contributed by atoms with Crippen molar-refractivity contribution in [3.05, 3.63) is 24.3 Å². The van der Waals surface area contributed by atoms with Crippen molar-refractivity contribution in [2.45, 2.75) is 18.9 Å². The van der Waals surface area contributed by atoms with E-state index < -0.39 is 6.36 Å². The molecule has 0 aromatic carbocycles. The SMILES string of the molecule is FC1CC2C=CC=CC2O1. The number of alkyl halides is 1. The molecule has 1 aliphatic heterocycles. The first kappa shape index (κ1) is 6.10. The lowest BCUT2D eigenvalue weighted by atomic mass is 9.97. The summed E-state index contributed by atoms with van der Waals surface area (Å²) in [6.45, 7) is 0. The molecule has 1 nitrogen and oxygen atoms in total. The van der Waals surface area contributed by atoms with Gasteiger partial charge in [0, 0.05) is 12.3 Å². The van der Waals surface area contributed by atoms with Crippen molar-refractivity contribution < 1.29 is 9.13 Å². The molecule has 1 aliphatic carbocycles. The van der Waals surface area contributed by atoms with Gasteiger partial charge < -0.3 is 4.74 Å². The van der Waals surface area contributed by atoms with Gasteiger partial charge in [-0.25, -0.2) is 4.39 Å². The van der Waals surface area contributed by atoms with Crippen LogP contribution in [-0.4, -0.2) is 12.5 Å². The fraction of sp³-hybridized carbons (Fsp3) is 0.500. The van der Waals surface area contributed by atoms with Gasteiger partial charge in [0.25, 0.3) is 0 Å². The van der Waals surface area contributed by atoms with Crippen LogP contribution >= 0.6 is 0 Å². The Kier molecular flexibility index (Phi) is 1.34. The fourth-order valence-corrected chi connectivity index (χ4v) is 1.43. The number of halogens is 1. The van der Waals surface area contributed by atoms with Crippen LogP contribution in [0, 0.1) is 5.92 Å². The van der Waals surface area contributed by atoms with E-state index in [0.29, 0.717) is 6.42 Å². The Bertz CT molecular complexity index is 166. The molecule has 0 saturated carbocycles. The molecule has 2 heteroatoms. The van der Waals surface area contributed by atoms with E-state index in [0.717, 1.165) is 0 Å². The van der Waals surface area contributed by atoms with Crippen molar-refractivity contribution in [2.24, 2.45) is 5.92 Å². The Labute approximate surface area is 59.2 Å². The number of rotatable bonds is 0. The van der Waals surface area contributed by atoms with Crippen LogP contribution in [0.25, 0.3) is 0 Å². The summed E-state index contributed by atoms with van der Waals surface area (Å²) in [6, 6.07) is 0. The lowest BCUT2D eigenvalue weighted by Gasteiger charge is -2.11. The largest absolute Gasteiger partial charge is 0.340 e. The maximum Gasteiger partial charge on any atom is 0.200 e. The predicted molar refractivity (Wildman–Crippen MR) is 36.2 cm³/mol. The lowest BCUT2D eigenvalue weighted by molar-refractivity contribution is -0.0184. The first-order valence-electron chi connectivity index (χ1n) is 3.51. The summed E-state index contributed by atoms with van der Waals surface area (Å²) < 4.78 is 17.5. The summed E-state index contributed by atoms with van der Waals surface area (Å²) in [6.07, 6.45) is 7.23. The van der Waals surface area contributed by atoms with E-state index in [-0.39, 0.29) is 12.0 Å². The standard InChI is InChI=1S/C8H9FO/c9-8-5-6-3-1-2-4-7(6)10-8/h1-4,6-8H,5H2. The van der Waals surface area contributed by atoms with Crippen LogP contribution in [0.3, 0.4) is 0 Å². The van der Waals surface area contributed by atoms with Crippen molar-refractivity contribution in [3.63, 3.8) is 0 Å². The average Bonchev–Trinajstić information content (AvgIpc) is 2.27. The second-order valence-corrected chi connectivity index (χ2v) is 2.68. The zero-order valence-electron chi connectivity index (χ0n) is 5.53. The number of allylic oxidation sites excluding steroid dienone is 2. The van der Waals surface area contributed by atoms with E-state index in [9.17, 15) is 4.39 Å². The highest BCUT2D eigenvalue weighted by Crippen LogP contribution is 2.30. The maximum absolute atomic E-state index is 12.5. The molecule has 3 unspecified atom stereocenters. The third-order valence-corrected chi connectivity index (χ3v) is 1.95. The Morgan fingerprint density at radius 2 is 2.10 bits per heavy atom. The van der Waals surface area contributed by atoms with Crippen molar-refractivity contribution >= 4 is 0 Å². The highest BCUT2D eigenvalue weighted by Gasteiger charge is 2.32. The van der Waals surface area contributed by atoms with Crippen LogP contribution < -0.4 is 0 Å². The molecule has 2 aliphatic rings. The lowest BCUT2D eigenvalue weighted by Crippen LogP contribution is -2.12. The van der Waals surface area contributed by atoms with Gasteiger partial charge in [-0.15, -0.1) is 0 Å². The van der Waals surface area contributed by atoms with E-state index >= 15 is 0 Å². The molecule has 1 fully saturated rings. The molecule has 0 radical (unpaired) electrons. The van der Waals surface area contributed by atoms with Gasteiger partial charge in [0.2, 0.25) is 0 Å². The van der Waals surface area contributed by atoms with Crippen LogP contribution in [0.4, 0.5) is 4.39 Å². The first-order valence-corrected chi connectivity index (χ1v) is 3.51. The zero-order chi connectivity index (χ0) is 6.97. The zero-order valence-corrected chi connectivity index (χ0v) is 5.53. The molecule has 54 valence electrons. The first-order chi connectivity index (χ1) is 4.86. The third-order valence-electron chi connectivity index (χ3n) is 1.95. The fourth-order valence-electron chi connectivity index (χ4n) is 1.43. The third kappa shape index (κ3) is 0.886. The second kappa shape index (κ2) is 2.20. The van der Waals surface area contributed by atoms with Gasteiger partial charge >= 0.3 is 0 Å². The van der Waals surface area contributed by atoms with Crippen molar-refractivity contribution in [2.75, 3.05) is 0 Å². The normalized spacial score (nSPS) is 43.9. The monoisotopic (exact) mass is 140 g/mol. The van der Waals surface area contributed by atoms with Crippen LogP contribution in [0.1, 0.15) is 6.42 Å². The minimum Gasteiger partial charge on any atom is -0.340 e. The number of hydrogen-bond donors (Lipinski definition) is 0. The van der Waals surface area contributed by atoms with Crippen LogP contribution in [0.15, 0.2) is 24.3 Å². The maximum atomic E-state index is 12.5. The summed E-state index contributed by atoms with van der Waals surface area (Å²) in [5, 5.41) is 0. The smallest absolute Gasteiger partial charge is 0.200 e. The van der Waals surface area contributed by atoms with Crippen molar-refractivity contribution in [3.8, 4) is 0 Å². The molecule has 2 rings (SSSR count). The summed E-state index contributed by atoms with van der Waals surface area (Å²) in [4.78, 5) is 0. The van der Waals surface area contributed by atoms with Gasteiger partial charge in [0.1, 0.15) is 0 Å². The van der Waals surface area contributed by atoms with Gasteiger partial charge in [-0.05, 0) is 0 Å². The molecule has 3 atom stereocenters. The van der Waals surface area contributed by atoms with Gasteiger partial charge in [0.05, 0.1) is 6.10 Å². The molecule has 0 bridgehead atoms. The minimum absolute atomic E-state index is 0.000000000000000222. The molecule has 0 aromatic heterocycles. The van der Waals surface area contributed by atoms with E-state index in [1.807, 2.05) is 24.3 Å². The summed E-state index contributed by atoms with van der Waals surface area (Å²) in [7, 11) is 0. The van der Waals surface area contributed by atoms with Crippen molar-refractivity contribution in [1.29, 1.82) is 0 Å². The Hall–Kier alpha value is -0.630. The average molecular weight is 140 g/mol. The van der Waals surface area contributed by atoms with Crippen LogP contribution in [0.2, 0.25) is 0 Å². The van der Waals surface area contributed by atoms with Gasteiger partial charge in [0.15, 0.2) is 6.36 Å². The molecule has 10 heavy (non-hydrogen) atoms. The van der Waals surface area contributed by atoms with Crippen LogP contribution in [-0.2, 0) is 4.74 Å². The van der Waals surface area contributed by atoms with Gasteiger partial charge in [-0.3, -0.25) is 0 Å². The van der Waals surface area contributed by atoms with E-state index in [2.05, 4.69) is 0 Å². The van der Waals surface area contributed by atoms with E-state index in [4.69, 9.17) is 4.74 Å². The molecule has 1 saturated heterocycles. The van der Waals surface area contributed by atoms with E-state index in [1.165, 1.54) is 0 Å². The second-order valence-electron chi connectivity index (χ2n) is 2.68. The Balaban J connectivity index is 2.14. The number of fused-ring (bicyclic) bond motifs is 1. The Morgan fingerprint density at radius 1 is 1.30 bits per heavy atom. The Morgan fingerprint density at radius 3 is 2.90 bits per heavy atom. The summed E-state index contributed by atoms with van der Waals surface area (Å²) in [5.41, 5.74) is 0. The number of hydrogen-bond acceptors (Lipinski definition) is 1. The summed E-state index contributed by atoms with van der Waals surface area (Å²) >= 11 is 0. The minimum atomic E-state index is -1.05. The van der Waals surface area contributed by atoms with E-state index in [1.54, 1.807) is 0 Å². The molecule has 1 heterocycles. The molecule has 0 amide bonds. The highest BCUT2D eigenvalue weighted by molar-refractivity contribution is 5.17. The summed E-state index contributed by atoms with van der Waals surface area (Å²) in [5.74, 6) is 0.278. The van der Waals surface area contributed by atoms with Gasteiger partial charge in [-0.1, -0.05) is 24.3 Å². The molecule has 0 N–H and O–H groups in total. The molecule has 0 spiro atoms. The molecular weight excluding hydrogens is 131 g/mol. The quantitative estimate of drug-likeness (QED) is 0.498. The van der Waals surface area contributed by atoms with Crippen molar-refractivity contribution in [1.82, 2.24) is 0 Å². The number of ether oxygens (including phenoxy) is 1. The molecular formula is C8H9FO. The molecule has 0 aromatic rings. The highest BCUT2D eigenvalue weighted by atomic mass is 19.1. The van der Waals surface area contributed by atoms with Crippen LogP contribution in [0.5, 0.6) is 0 Å². The topological polar surface area (TPSA) is 9.23 Å². The predicted octanol–water partition coefficient (Wildman–Crippen LogP) is 1.81.